The van der Waals surface area contributed by atoms with Gasteiger partial charge >= 0.3 is 0 Å². The van der Waals surface area contributed by atoms with E-state index in [-0.39, 0.29) is 18.0 Å². The summed E-state index contributed by atoms with van der Waals surface area (Å²) < 4.78 is 0. The van der Waals surface area contributed by atoms with E-state index in [0.717, 1.165) is 12.8 Å². The molecule has 2 aromatic carbocycles. The Bertz CT molecular complexity index is 755. The molecule has 2 atom stereocenters. The fourth-order valence-corrected chi connectivity index (χ4v) is 3.08. The molecule has 3 rings (SSSR count). The molecular weight excluding hydrogens is 302 g/mol. The van der Waals surface area contributed by atoms with Gasteiger partial charge in [0.05, 0.1) is 6.04 Å². The van der Waals surface area contributed by atoms with Crippen LogP contribution in [0.5, 0.6) is 0 Å². The van der Waals surface area contributed by atoms with Crippen molar-refractivity contribution in [3.05, 3.63) is 65.2 Å². The molecule has 0 unspecified atom stereocenters. The Morgan fingerprint density at radius 2 is 1.83 bits per heavy atom. The number of carbonyl (C=O) groups is 2. The maximum atomic E-state index is 12.4. The van der Waals surface area contributed by atoms with Gasteiger partial charge in [0.2, 0.25) is 11.8 Å². The Hall–Kier alpha value is -2.66. The van der Waals surface area contributed by atoms with Crippen LogP contribution in [0.1, 0.15) is 40.9 Å². The molecule has 0 aromatic heterocycles. The van der Waals surface area contributed by atoms with Crippen molar-refractivity contribution < 1.29 is 9.59 Å². The van der Waals surface area contributed by atoms with Crippen molar-refractivity contribution in [2.45, 2.75) is 31.8 Å². The summed E-state index contributed by atoms with van der Waals surface area (Å²) in [5, 5.41) is 6.25. The first kappa shape index (κ1) is 16.2. The average Bonchev–Trinajstić information content (AvgIpc) is 2.98. The zero-order chi connectivity index (χ0) is 17.1. The molecule has 0 bridgehead atoms. The number of primary amides is 1. The highest BCUT2D eigenvalue weighted by Crippen LogP contribution is 2.31. The van der Waals surface area contributed by atoms with Gasteiger partial charge in [-0.05, 0) is 55.2 Å². The number of benzene rings is 2. The molecule has 124 valence electrons. The first-order chi connectivity index (χ1) is 11.5. The Kier molecular flexibility index (Phi) is 4.62. The first-order valence-electron chi connectivity index (χ1n) is 8.09. The highest BCUT2D eigenvalue weighted by atomic mass is 16.2. The monoisotopic (exact) mass is 323 g/mol. The quantitative estimate of drug-likeness (QED) is 0.790. The standard InChI is InChI=1S/C19H21N3O2/c1-12(21-17-11-8-13-4-2-3-5-16(13)17)19(24)22-15-9-6-14(7-10-15)18(20)23/h2-7,9-10,12,17,21H,8,11H2,1H3,(H2,20,23)(H,22,24)/t12-,17+/m0/s1. The number of hydrogen-bond donors (Lipinski definition) is 3. The second-order valence-corrected chi connectivity index (χ2v) is 6.11. The maximum absolute atomic E-state index is 12.4. The van der Waals surface area contributed by atoms with E-state index >= 15 is 0 Å². The second kappa shape index (κ2) is 6.84. The van der Waals surface area contributed by atoms with Crippen LogP contribution in [0.15, 0.2) is 48.5 Å². The summed E-state index contributed by atoms with van der Waals surface area (Å²) in [4.78, 5) is 23.4. The lowest BCUT2D eigenvalue weighted by Crippen LogP contribution is -2.39. The van der Waals surface area contributed by atoms with Crippen LogP contribution in [0.4, 0.5) is 5.69 Å². The molecule has 1 aliphatic rings. The van der Waals surface area contributed by atoms with Crippen LogP contribution in [0.25, 0.3) is 0 Å². The van der Waals surface area contributed by atoms with E-state index < -0.39 is 5.91 Å². The molecule has 5 nitrogen and oxygen atoms in total. The minimum absolute atomic E-state index is 0.105. The Labute approximate surface area is 141 Å². The van der Waals surface area contributed by atoms with Crippen LogP contribution in [0.3, 0.4) is 0 Å². The minimum atomic E-state index is -0.484. The molecule has 0 aliphatic heterocycles. The molecule has 1 aliphatic carbocycles. The Morgan fingerprint density at radius 1 is 1.12 bits per heavy atom. The highest BCUT2D eigenvalue weighted by molar-refractivity contribution is 5.96. The summed E-state index contributed by atoms with van der Waals surface area (Å²) in [5.74, 6) is -0.589. The largest absolute Gasteiger partial charge is 0.366 e. The SMILES string of the molecule is C[C@H](N[C@@H]1CCc2ccccc21)C(=O)Nc1ccc(C(N)=O)cc1. The van der Waals surface area contributed by atoms with Gasteiger partial charge in [-0.25, -0.2) is 0 Å². The number of nitrogens with one attached hydrogen (secondary N) is 2. The summed E-state index contributed by atoms with van der Waals surface area (Å²) in [6.45, 7) is 1.86. The number of nitrogens with two attached hydrogens (primary N) is 1. The van der Waals surface area contributed by atoms with E-state index in [1.807, 2.05) is 19.1 Å². The van der Waals surface area contributed by atoms with E-state index in [1.165, 1.54) is 11.1 Å². The lowest BCUT2D eigenvalue weighted by molar-refractivity contribution is -0.118. The molecule has 0 heterocycles. The van der Waals surface area contributed by atoms with Gasteiger partial charge in [-0.15, -0.1) is 0 Å². The van der Waals surface area contributed by atoms with E-state index in [9.17, 15) is 9.59 Å². The molecule has 0 saturated heterocycles. The van der Waals surface area contributed by atoms with Gasteiger partial charge in [-0.1, -0.05) is 24.3 Å². The zero-order valence-electron chi connectivity index (χ0n) is 13.6. The second-order valence-electron chi connectivity index (χ2n) is 6.11. The van der Waals surface area contributed by atoms with Gasteiger partial charge in [-0.2, -0.15) is 0 Å². The zero-order valence-corrected chi connectivity index (χ0v) is 13.6. The van der Waals surface area contributed by atoms with Gasteiger partial charge in [-0.3, -0.25) is 14.9 Å². The van der Waals surface area contributed by atoms with Crippen LogP contribution >= 0.6 is 0 Å². The summed E-state index contributed by atoms with van der Waals surface area (Å²) in [7, 11) is 0. The Balaban J connectivity index is 1.60. The molecule has 24 heavy (non-hydrogen) atoms. The minimum Gasteiger partial charge on any atom is -0.366 e. The van der Waals surface area contributed by atoms with Crippen molar-refractivity contribution in [1.82, 2.24) is 5.32 Å². The number of carbonyl (C=O) groups excluding carboxylic acids is 2. The number of rotatable bonds is 5. The third kappa shape index (κ3) is 3.46. The van der Waals surface area contributed by atoms with Gasteiger partial charge < -0.3 is 11.1 Å². The van der Waals surface area contributed by atoms with Crippen molar-refractivity contribution in [1.29, 1.82) is 0 Å². The molecule has 0 fully saturated rings. The first-order valence-corrected chi connectivity index (χ1v) is 8.09. The topological polar surface area (TPSA) is 84.2 Å². The van der Waals surface area contributed by atoms with Gasteiger partial charge in [0.1, 0.15) is 0 Å². The molecule has 4 N–H and O–H groups in total. The van der Waals surface area contributed by atoms with E-state index in [2.05, 4.69) is 22.8 Å². The summed E-state index contributed by atoms with van der Waals surface area (Å²) in [5.41, 5.74) is 8.90. The van der Waals surface area contributed by atoms with Crippen molar-refractivity contribution in [2.75, 3.05) is 5.32 Å². The van der Waals surface area contributed by atoms with Crippen LogP contribution in [0.2, 0.25) is 0 Å². The predicted molar refractivity (Wildman–Crippen MR) is 93.7 cm³/mol. The maximum Gasteiger partial charge on any atom is 0.248 e. The van der Waals surface area contributed by atoms with Crippen LogP contribution in [-0.2, 0) is 11.2 Å². The Morgan fingerprint density at radius 3 is 2.54 bits per heavy atom. The molecule has 0 radical (unpaired) electrons. The third-order valence-corrected chi connectivity index (χ3v) is 4.41. The molecule has 2 aromatic rings. The molecule has 5 heteroatoms. The molecule has 0 spiro atoms. The van der Waals surface area contributed by atoms with Crippen LogP contribution < -0.4 is 16.4 Å². The van der Waals surface area contributed by atoms with Gasteiger partial charge in [0.25, 0.3) is 0 Å². The van der Waals surface area contributed by atoms with Crippen molar-refractivity contribution >= 4 is 17.5 Å². The third-order valence-electron chi connectivity index (χ3n) is 4.41. The summed E-state index contributed by atoms with van der Waals surface area (Å²) >= 11 is 0. The van der Waals surface area contributed by atoms with Gasteiger partial charge in [0.15, 0.2) is 0 Å². The fraction of sp³-hybridized carbons (Fsp3) is 0.263. The lowest BCUT2D eigenvalue weighted by Gasteiger charge is -2.20. The molecular formula is C19H21N3O2. The number of hydrogen-bond acceptors (Lipinski definition) is 3. The van der Waals surface area contributed by atoms with Crippen LogP contribution in [0, 0.1) is 0 Å². The van der Waals surface area contributed by atoms with Crippen molar-refractivity contribution in [3.63, 3.8) is 0 Å². The molecule has 2 amide bonds. The van der Waals surface area contributed by atoms with Gasteiger partial charge in [0, 0.05) is 17.3 Å². The number of aryl methyl sites for hydroxylation is 1. The number of fused-ring (bicyclic) bond motifs is 1. The smallest absolute Gasteiger partial charge is 0.248 e. The normalized spacial score (nSPS) is 17.1. The predicted octanol–water partition coefficient (Wildman–Crippen LogP) is 2.39. The lowest BCUT2D eigenvalue weighted by atomic mass is 10.1. The van der Waals surface area contributed by atoms with E-state index in [0.29, 0.717) is 11.3 Å². The van der Waals surface area contributed by atoms with Crippen molar-refractivity contribution in [2.24, 2.45) is 5.73 Å². The van der Waals surface area contributed by atoms with E-state index in [4.69, 9.17) is 5.73 Å². The molecule has 0 saturated carbocycles. The fourth-order valence-electron chi connectivity index (χ4n) is 3.08. The number of anilines is 1. The van der Waals surface area contributed by atoms with Crippen LogP contribution in [-0.4, -0.2) is 17.9 Å². The number of amides is 2. The highest BCUT2D eigenvalue weighted by Gasteiger charge is 2.25. The summed E-state index contributed by atoms with van der Waals surface area (Å²) in [6, 6.07) is 14.8. The van der Waals surface area contributed by atoms with Crippen molar-refractivity contribution in [3.8, 4) is 0 Å². The summed E-state index contributed by atoms with van der Waals surface area (Å²) in [6.07, 6.45) is 2.04. The average molecular weight is 323 g/mol. The van der Waals surface area contributed by atoms with E-state index in [1.54, 1.807) is 24.3 Å².